The fraction of sp³-hybridized carbons (Fsp3) is 0.884. The van der Waals surface area contributed by atoms with Gasteiger partial charge in [0.1, 0.15) is 0 Å². The van der Waals surface area contributed by atoms with Crippen molar-refractivity contribution in [3.05, 3.63) is 36.5 Å². The first kappa shape index (κ1) is 73.1. The smallest absolute Gasteiger partial charge is 0.305 e. The summed E-state index contributed by atoms with van der Waals surface area (Å²) in [7, 11) is 0. The van der Waals surface area contributed by atoms with Crippen LogP contribution in [0.4, 0.5) is 0 Å². The summed E-state index contributed by atoms with van der Waals surface area (Å²) in [5, 5.41) is 23.1. The average Bonchev–Trinajstić information content (AvgIpc) is 3.41. The third-order valence-electron chi connectivity index (χ3n) is 15.7. The maximum atomic E-state index is 12.5. The highest BCUT2D eigenvalue weighted by atomic mass is 16.5. The first-order valence-corrected chi connectivity index (χ1v) is 33.8. The van der Waals surface area contributed by atoms with Crippen LogP contribution < -0.4 is 5.32 Å². The Kier molecular flexibility index (Phi) is 63.0. The van der Waals surface area contributed by atoms with Gasteiger partial charge in [0.2, 0.25) is 5.91 Å². The average molecular weight is 1050 g/mol. The number of hydrogen-bond donors (Lipinski definition) is 3. The summed E-state index contributed by atoms with van der Waals surface area (Å²) in [6.07, 6.45) is 82.1. The molecule has 0 saturated heterocycles. The van der Waals surface area contributed by atoms with Crippen LogP contribution in [0.3, 0.4) is 0 Å². The second kappa shape index (κ2) is 64.6. The monoisotopic (exact) mass is 1050 g/mol. The van der Waals surface area contributed by atoms with Crippen LogP contribution in [0.15, 0.2) is 36.5 Å². The van der Waals surface area contributed by atoms with Crippen LogP contribution in [0, 0.1) is 0 Å². The van der Waals surface area contributed by atoms with Crippen molar-refractivity contribution in [3.8, 4) is 0 Å². The number of esters is 1. The van der Waals surface area contributed by atoms with Crippen molar-refractivity contribution in [2.24, 2.45) is 0 Å². The molecular weight excluding hydrogens is 923 g/mol. The molecular formula is C69H131NO5. The molecule has 0 aliphatic carbocycles. The number of ether oxygens (including phenoxy) is 1. The molecule has 0 bridgehead atoms. The van der Waals surface area contributed by atoms with E-state index in [2.05, 4.69) is 43.5 Å². The van der Waals surface area contributed by atoms with Gasteiger partial charge in [0.05, 0.1) is 25.4 Å². The van der Waals surface area contributed by atoms with Crippen molar-refractivity contribution < 1.29 is 24.5 Å². The van der Waals surface area contributed by atoms with Gasteiger partial charge in [0.25, 0.3) is 0 Å². The van der Waals surface area contributed by atoms with Gasteiger partial charge in [-0.25, -0.2) is 0 Å². The Morgan fingerprint density at radius 1 is 0.373 bits per heavy atom. The van der Waals surface area contributed by atoms with E-state index >= 15 is 0 Å². The van der Waals surface area contributed by atoms with Gasteiger partial charge in [-0.1, -0.05) is 326 Å². The molecule has 6 heteroatoms. The zero-order valence-electron chi connectivity index (χ0n) is 50.5. The van der Waals surface area contributed by atoms with Crippen molar-refractivity contribution in [3.63, 3.8) is 0 Å². The lowest BCUT2D eigenvalue weighted by Crippen LogP contribution is -2.45. The summed E-state index contributed by atoms with van der Waals surface area (Å²) in [5.74, 6) is -0.0593. The van der Waals surface area contributed by atoms with E-state index in [4.69, 9.17) is 4.74 Å². The summed E-state index contributed by atoms with van der Waals surface area (Å²) < 4.78 is 5.50. The molecule has 0 aliphatic rings. The van der Waals surface area contributed by atoms with E-state index in [1.165, 1.54) is 295 Å². The van der Waals surface area contributed by atoms with Gasteiger partial charge in [0, 0.05) is 12.8 Å². The standard InChI is InChI=1S/C69H131NO5/c1-3-5-7-9-11-13-15-17-19-20-31-35-39-43-47-51-55-59-63-69(74)75-64-60-56-52-48-44-40-36-32-29-27-25-23-21-22-24-26-28-30-34-38-42-46-50-54-58-62-68(73)70-66(65-71)67(72)61-57-53-49-45-41-37-33-18-16-14-12-10-8-6-4-2/h22-25,57,61,66-67,71-72H,3-21,26-56,58-60,62-65H2,1-2H3,(H,70,73)/b24-22-,25-23-,61-57+. The van der Waals surface area contributed by atoms with E-state index in [9.17, 15) is 19.8 Å². The normalized spacial score (nSPS) is 12.7. The Hall–Kier alpha value is -1.92. The van der Waals surface area contributed by atoms with Crippen molar-refractivity contribution in [1.29, 1.82) is 0 Å². The third kappa shape index (κ3) is 61.2. The largest absolute Gasteiger partial charge is 0.466 e. The first-order chi connectivity index (χ1) is 37.0. The minimum atomic E-state index is -0.849. The second-order valence-corrected chi connectivity index (χ2v) is 23.2. The van der Waals surface area contributed by atoms with Crippen LogP contribution in [-0.4, -0.2) is 47.4 Å². The summed E-state index contributed by atoms with van der Waals surface area (Å²) in [4.78, 5) is 24.6. The molecule has 0 rings (SSSR count). The maximum Gasteiger partial charge on any atom is 0.305 e. The number of amides is 1. The SMILES string of the molecule is CCCCCCCCCCCCCCC/C=C/C(O)C(CO)NC(=O)CCCCCCCCCCC/C=C\C/C=C\CCCCCCCCCCCOC(=O)CCCCCCCCCCCCCCCCCCCC. The van der Waals surface area contributed by atoms with Gasteiger partial charge < -0.3 is 20.3 Å². The predicted octanol–water partition coefficient (Wildman–Crippen LogP) is 21.5. The van der Waals surface area contributed by atoms with Crippen LogP contribution in [0.25, 0.3) is 0 Å². The molecule has 2 unspecified atom stereocenters. The van der Waals surface area contributed by atoms with Crippen molar-refractivity contribution in [2.75, 3.05) is 13.2 Å². The molecule has 0 aromatic heterocycles. The van der Waals surface area contributed by atoms with Crippen LogP contribution in [0.1, 0.15) is 367 Å². The molecule has 0 spiro atoms. The number of rotatable bonds is 63. The number of allylic oxidation sites excluding steroid dienone is 5. The van der Waals surface area contributed by atoms with Gasteiger partial charge in [0.15, 0.2) is 0 Å². The lowest BCUT2D eigenvalue weighted by Gasteiger charge is -2.20. The van der Waals surface area contributed by atoms with E-state index < -0.39 is 12.1 Å². The zero-order chi connectivity index (χ0) is 54.3. The predicted molar refractivity (Wildman–Crippen MR) is 329 cm³/mol. The number of aliphatic hydroxyl groups excluding tert-OH is 2. The lowest BCUT2D eigenvalue weighted by molar-refractivity contribution is -0.143. The molecule has 6 nitrogen and oxygen atoms in total. The maximum absolute atomic E-state index is 12.5. The Morgan fingerprint density at radius 3 is 1.01 bits per heavy atom. The van der Waals surface area contributed by atoms with E-state index in [0.29, 0.717) is 19.4 Å². The van der Waals surface area contributed by atoms with E-state index in [0.717, 1.165) is 44.9 Å². The number of unbranched alkanes of at least 4 members (excludes halogenated alkanes) is 48. The summed E-state index contributed by atoms with van der Waals surface area (Å²) in [6.45, 7) is 4.92. The van der Waals surface area contributed by atoms with Gasteiger partial charge >= 0.3 is 5.97 Å². The van der Waals surface area contributed by atoms with E-state index in [-0.39, 0.29) is 18.5 Å². The van der Waals surface area contributed by atoms with Crippen LogP contribution in [-0.2, 0) is 14.3 Å². The second-order valence-electron chi connectivity index (χ2n) is 23.2. The van der Waals surface area contributed by atoms with Gasteiger partial charge in [-0.2, -0.15) is 0 Å². The molecule has 1 amide bonds. The van der Waals surface area contributed by atoms with Crippen molar-refractivity contribution in [2.45, 2.75) is 379 Å². The molecule has 0 radical (unpaired) electrons. The summed E-state index contributed by atoms with van der Waals surface area (Å²) in [6, 6.07) is -0.633. The molecule has 0 saturated carbocycles. The Morgan fingerprint density at radius 2 is 0.667 bits per heavy atom. The minimum absolute atomic E-state index is 0.0132. The molecule has 3 N–H and O–H groups in total. The molecule has 0 aliphatic heterocycles. The Balaban J connectivity index is 3.43. The Labute approximate surface area is 468 Å². The lowest BCUT2D eigenvalue weighted by atomic mass is 10.0. The minimum Gasteiger partial charge on any atom is -0.466 e. The van der Waals surface area contributed by atoms with Gasteiger partial charge in [-0.15, -0.1) is 0 Å². The van der Waals surface area contributed by atoms with Crippen LogP contribution in [0.2, 0.25) is 0 Å². The molecule has 75 heavy (non-hydrogen) atoms. The Bertz CT molecular complexity index is 1210. The van der Waals surface area contributed by atoms with Gasteiger partial charge in [-0.3, -0.25) is 9.59 Å². The number of carbonyl (C=O) groups excluding carboxylic acids is 2. The highest BCUT2D eigenvalue weighted by Crippen LogP contribution is 2.18. The van der Waals surface area contributed by atoms with Crippen molar-refractivity contribution >= 4 is 11.9 Å². The zero-order valence-corrected chi connectivity index (χ0v) is 50.5. The summed E-state index contributed by atoms with van der Waals surface area (Å²) in [5.41, 5.74) is 0. The highest BCUT2D eigenvalue weighted by molar-refractivity contribution is 5.76. The van der Waals surface area contributed by atoms with Crippen LogP contribution >= 0.6 is 0 Å². The van der Waals surface area contributed by atoms with E-state index in [1.54, 1.807) is 6.08 Å². The molecule has 0 aromatic rings. The number of hydrogen-bond acceptors (Lipinski definition) is 5. The number of carbonyl (C=O) groups is 2. The molecule has 2 atom stereocenters. The third-order valence-corrected chi connectivity index (χ3v) is 15.7. The van der Waals surface area contributed by atoms with Crippen molar-refractivity contribution in [1.82, 2.24) is 5.32 Å². The van der Waals surface area contributed by atoms with E-state index in [1.807, 2.05) is 6.08 Å². The first-order valence-electron chi connectivity index (χ1n) is 33.8. The summed E-state index contributed by atoms with van der Waals surface area (Å²) >= 11 is 0. The molecule has 0 heterocycles. The molecule has 0 fully saturated rings. The highest BCUT2D eigenvalue weighted by Gasteiger charge is 2.18. The number of aliphatic hydroxyl groups is 2. The van der Waals surface area contributed by atoms with Crippen LogP contribution in [0.5, 0.6) is 0 Å². The fourth-order valence-corrected chi connectivity index (χ4v) is 10.5. The quantitative estimate of drug-likeness (QED) is 0.0320. The molecule has 0 aromatic carbocycles. The fourth-order valence-electron chi connectivity index (χ4n) is 10.5. The van der Waals surface area contributed by atoms with Gasteiger partial charge in [-0.05, 0) is 64.2 Å². The number of nitrogens with one attached hydrogen (secondary N) is 1. The molecule has 442 valence electrons. The topological polar surface area (TPSA) is 95.9 Å².